The molecule has 3 heteroatoms. The van der Waals surface area contributed by atoms with Crippen LogP contribution in [0.5, 0.6) is 0 Å². The third-order valence-corrected chi connectivity index (χ3v) is 5.09. The molecule has 0 spiro atoms. The van der Waals surface area contributed by atoms with E-state index >= 15 is 0 Å². The van der Waals surface area contributed by atoms with E-state index in [2.05, 4.69) is 25.2 Å². The van der Waals surface area contributed by atoms with Crippen LogP contribution < -0.4 is 5.32 Å². The summed E-state index contributed by atoms with van der Waals surface area (Å²) in [5, 5.41) is 12.9. The van der Waals surface area contributed by atoms with Crippen molar-refractivity contribution in [3.8, 4) is 6.07 Å². The van der Waals surface area contributed by atoms with Crippen LogP contribution in [-0.2, 0) is 4.74 Å². The predicted octanol–water partition coefficient (Wildman–Crippen LogP) is 3.79. The first kappa shape index (κ1) is 15.8. The number of nitrogens with zero attached hydrogens (tertiary/aromatic N) is 1. The summed E-state index contributed by atoms with van der Waals surface area (Å²) in [5.41, 5.74) is -0.320. The average molecular weight is 278 g/mol. The van der Waals surface area contributed by atoms with Crippen LogP contribution in [0.4, 0.5) is 0 Å². The van der Waals surface area contributed by atoms with Gasteiger partial charge in [-0.15, -0.1) is 0 Å². The van der Waals surface area contributed by atoms with Crippen molar-refractivity contribution >= 4 is 0 Å². The van der Waals surface area contributed by atoms with Gasteiger partial charge in [-0.1, -0.05) is 33.1 Å². The van der Waals surface area contributed by atoms with Gasteiger partial charge < -0.3 is 4.74 Å². The summed E-state index contributed by atoms with van der Waals surface area (Å²) in [6.45, 7) is 5.37. The zero-order valence-corrected chi connectivity index (χ0v) is 13.2. The number of nitrogens with one attached hydrogen (secondary N) is 1. The van der Waals surface area contributed by atoms with Crippen molar-refractivity contribution in [1.29, 1.82) is 5.26 Å². The van der Waals surface area contributed by atoms with Crippen LogP contribution >= 0.6 is 0 Å². The smallest absolute Gasteiger partial charge is 0.109 e. The molecule has 0 bridgehead atoms. The lowest BCUT2D eigenvalue weighted by atomic mass is 9.85. The lowest BCUT2D eigenvalue weighted by Gasteiger charge is -2.31. The van der Waals surface area contributed by atoms with Gasteiger partial charge in [-0.3, -0.25) is 5.32 Å². The Bertz CT molecular complexity index is 338. The molecule has 1 N–H and O–H groups in total. The summed E-state index contributed by atoms with van der Waals surface area (Å²) < 4.78 is 6.33. The molecule has 114 valence electrons. The Labute approximate surface area is 124 Å². The molecule has 3 nitrogen and oxygen atoms in total. The van der Waals surface area contributed by atoms with E-state index in [1.165, 1.54) is 32.1 Å². The van der Waals surface area contributed by atoms with Crippen LogP contribution in [0.25, 0.3) is 0 Å². The molecule has 4 atom stereocenters. The number of hydrogen-bond donors (Lipinski definition) is 1. The Balaban J connectivity index is 1.82. The van der Waals surface area contributed by atoms with Gasteiger partial charge in [-0.2, -0.15) is 5.26 Å². The summed E-state index contributed by atoms with van der Waals surface area (Å²) in [6, 6.07) is 2.51. The zero-order chi connectivity index (χ0) is 14.4. The molecule has 0 aromatic rings. The maximum absolute atomic E-state index is 9.48. The van der Waals surface area contributed by atoms with Crippen molar-refractivity contribution in [3.05, 3.63) is 0 Å². The van der Waals surface area contributed by atoms with Crippen LogP contribution in [0.3, 0.4) is 0 Å². The van der Waals surface area contributed by atoms with Gasteiger partial charge in [0.1, 0.15) is 5.54 Å². The van der Waals surface area contributed by atoms with Gasteiger partial charge >= 0.3 is 0 Å². The fourth-order valence-electron chi connectivity index (χ4n) is 3.79. The number of ether oxygens (including phenoxy) is 1. The quantitative estimate of drug-likeness (QED) is 0.804. The molecule has 4 unspecified atom stereocenters. The van der Waals surface area contributed by atoms with Gasteiger partial charge in [0.15, 0.2) is 0 Å². The molecule has 0 saturated heterocycles. The van der Waals surface area contributed by atoms with E-state index in [1.807, 2.05) is 0 Å². The fraction of sp³-hybridized carbons (Fsp3) is 0.941. The molecule has 2 aliphatic carbocycles. The second kappa shape index (κ2) is 7.43. The number of nitriles is 1. The minimum absolute atomic E-state index is 0.291. The summed E-state index contributed by atoms with van der Waals surface area (Å²) in [6.07, 6.45) is 11.1. The third-order valence-electron chi connectivity index (χ3n) is 5.09. The second-order valence-electron chi connectivity index (χ2n) is 6.68. The highest BCUT2D eigenvalue weighted by atomic mass is 16.5. The van der Waals surface area contributed by atoms with Gasteiger partial charge in [0, 0.05) is 6.42 Å². The molecule has 0 aliphatic heterocycles. The molecule has 2 fully saturated rings. The van der Waals surface area contributed by atoms with E-state index in [-0.39, 0.29) is 5.54 Å². The van der Waals surface area contributed by atoms with E-state index in [4.69, 9.17) is 4.74 Å². The molecule has 0 aromatic heterocycles. The molecule has 2 rings (SSSR count). The SMILES string of the molecule is CCCNC1(C#N)CCC(OC2CCCC(CC)C2)C1. The van der Waals surface area contributed by atoms with Gasteiger partial charge in [-0.05, 0) is 44.6 Å². The first-order chi connectivity index (χ1) is 9.71. The molecule has 0 heterocycles. The normalized spacial score (nSPS) is 37.8. The van der Waals surface area contributed by atoms with Crippen LogP contribution in [0.15, 0.2) is 0 Å². The molecule has 0 aromatic carbocycles. The van der Waals surface area contributed by atoms with Crippen LogP contribution in [0.2, 0.25) is 0 Å². The van der Waals surface area contributed by atoms with Gasteiger partial charge in [0.05, 0.1) is 18.3 Å². The minimum atomic E-state index is -0.320. The highest BCUT2D eigenvalue weighted by molar-refractivity contribution is 5.12. The monoisotopic (exact) mass is 278 g/mol. The molecule has 0 amide bonds. The van der Waals surface area contributed by atoms with Gasteiger partial charge in [-0.25, -0.2) is 0 Å². The van der Waals surface area contributed by atoms with Crippen LogP contribution in [0, 0.1) is 17.2 Å². The maximum atomic E-state index is 9.48. The zero-order valence-electron chi connectivity index (χ0n) is 13.2. The largest absolute Gasteiger partial charge is 0.375 e. The van der Waals surface area contributed by atoms with E-state index in [0.717, 1.165) is 38.1 Å². The first-order valence-corrected chi connectivity index (χ1v) is 8.53. The Kier molecular flexibility index (Phi) is 5.86. The predicted molar refractivity (Wildman–Crippen MR) is 81.4 cm³/mol. The highest BCUT2D eigenvalue weighted by Gasteiger charge is 2.40. The molecule has 2 saturated carbocycles. The van der Waals surface area contributed by atoms with E-state index in [9.17, 15) is 5.26 Å². The standard InChI is InChI=1S/C17H30N2O/c1-3-10-19-17(13-18)9-8-16(12-17)20-15-7-5-6-14(4-2)11-15/h14-16,19H,3-12H2,1-2H3. The highest BCUT2D eigenvalue weighted by Crippen LogP contribution is 2.35. The van der Waals surface area contributed by atoms with Gasteiger partial charge in [0.25, 0.3) is 0 Å². The van der Waals surface area contributed by atoms with Crippen molar-refractivity contribution in [2.75, 3.05) is 6.54 Å². The molecular weight excluding hydrogens is 248 g/mol. The summed E-state index contributed by atoms with van der Waals surface area (Å²) >= 11 is 0. The molecule has 0 radical (unpaired) electrons. The van der Waals surface area contributed by atoms with Crippen molar-refractivity contribution in [2.24, 2.45) is 5.92 Å². The second-order valence-corrected chi connectivity index (χ2v) is 6.68. The summed E-state index contributed by atoms with van der Waals surface area (Å²) in [7, 11) is 0. The number of rotatable bonds is 6. The van der Waals surface area contributed by atoms with Crippen molar-refractivity contribution in [3.63, 3.8) is 0 Å². The van der Waals surface area contributed by atoms with Crippen molar-refractivity contribution < 1.29 is 4.74 Å². The molecule has 2 aliphatic rings. The lowest BCUT2D eigenvalue weighted by molar-refractivity contribution is -0.0389. The van der Waals surface area contributed by atoms with Crippen molar-refractivity contribution in [2.45, 2.75) is 89.4 Å². The molecular formula is C17H30N2O. The topological polar surface area (TPSA) is 45.0 Å². The Morgan fingerprint density at radius 2 is 2.10 bits per heavy atom. The first-order valence-electron chi connectivity index (χ1n) is 8.53. The Morgan fingerprint density at radius 3 is 2.80 bits per heavy atom. The molecule has 20 heavy (non-hydrogen) atoms. The van der Waals surface area contributed by atoms with E-state index < -0.39 is 0 Å². The fourth-order valence-corrected chi connectivity index (χ4v) is 3.79. The Hall–Kier alpha value is -0.590. The number of hydrogen-bond acceptors (Lipinski definition) is 3. The maximum Gasteiger partial charge on any atom is 0.109 e. The van der Waals surface area contributed by atoms with Gasteiger partial charge in [0.2, 0.25) is 0 Å². The van der Waals surface area contributed by atoms with E-state index in [1.54, 1.807) is 0 Å². The van der Waals surface area contributed by atoms with Crippen LogP contribution in [-0.4, -0.2) is 24.3 Å². The van der Waals surface area contributed by atoms with E-state index in [0.29, 0.717) is 12.2 Å². The van der Waals surface area contributed by atoms with Crippen molar-refractivity contribution in [1.82, 2.24) is 5.32 Å². The average Bonchev–Trinajstić information content (AvgIpc) is 2.89. The Morgan fingerprint density at radius 1 is 1.25 bits per heavy atom. The summed E-state index contributed by atoms with van der Waals surface area (Å²) in [5.74, 6) is 0.856. The third kappa shape index (κ3) is 3.96. The van der Waals surface area contributed by atoms with Crippen LogP contribution in [0.1, 0.15) is 71.6 Å². The lowest BCUT2D eigenvalue weighted by Crippen LogP contribution is -2.42. The summed E-state index contributed by atoms with van der Waals surface area (Å²) in [4.78, 5) is 0. The minimum Gasteiger partial charge on any atom is -0.375 e.